The summed E-state index contributed by atoms with van der Waals surface area (Å²) in [7, 11) is 0. The standard InChI is InChI=1S/C11H19NO/c1-9-8-10(2,3)4-5-11(9,13)6-7-12/h9,13H,4-6,8H2,1-3H3. The molecule has 0 aliphatic heterocycles. The highest BCUT2D eigenvalue weighted by atomic mass is 16.3. The Morgan fingerprint density at radius 1 is 1.46 bits per heavy atom. The largest absolute Gasteiger partial charge is 0.389 e. The second kappa shape index (κ2) is 3.31. The number of nitriles is 1. The molecule has 0 aromatic carbocycles. The molecule has 0 heterocycles. The predicted molar refractivity (Wildman–Crippen MR) is 52.0 cm³/mol. The number of hydrogen-bond donors (Lipinski definition) is 1. The van der Waals surface area contributed by atoms with Crippen molar-refractivity contribution < 1.29 is 5.11 Å². The van der Waals surface area contributed by atoms with Crippen LogP contribution < -0.4 is 0 Å². The van der Waals surface area contributed by atoms with E-state index in [1.165, 1.54) is 0 Å². The van der Waals surface area contributed by atoms with Gasteiger partial charge in [-0.3, -0.25) is 0 Å². The normalized spacial score (nSPS) is 38.2. The van der Waals surface area contributed by atoms with Crippen LogP contribution in [0.25, 0.3) is 0 Å². The fourth-order valence-corrected chi connectivity index (χ4v) is 2.32. The van der Waals surface area contributed by atoms with Gasteiger partial charge in [-0.2, -0.15) is 5.26 Å². The minimum Gasteiger partial charge on any atom is -0.389 e. The second-order valence-corrected chi connectivity index (χ2v) is 5.21. The van der Waals surface area contributed by atoms with Gasteiger partial charge >= 0.3 is 0 Å². The van der Waals surface area contributed by atoms with E-state index in [2.05, 4.69) is 26.8 Å². The molecule has 0 amide bonds. The first-order chi connectivity index (χ1) is 5.90. The topological polar surface area (TPSA) is 44.0 Å². The summed E-state index contributed by atoms with van der Waals surface area (Å²) >= 11 is 0. The van der Waals surface area contributed by atoms with Gasteiger partial charge in [0, 0.05) is 0 Å². The van der Waals surface area contributed by atoms with Crippen molar-refractivity contribution in [2.24, 2.45) is 11.3 Å². The second-order valence-electron chi connectivity index (χ2n) is 5.21. The van der Waals surface area contributed by atoms with E-state index >= 15 is 0 Å². The molecule has 0 radical (unpaired) electrons. The van der Waals surface area contributed by atoms with Crippen molar-refractivity contribution in [1.29, 1.82) is 5.26 Å². The lowest BCUT2D eigenvalue weighted by atomic mass is 9.64. The molecule has 0 bridgehead atoms. The van der Waals surface area contributed by atoms with Crippen LogP contribution in [-0.2, 0) is 0 Å². The smallest absolute Gasteiger partial charge is 0.0802 e. The summed E-state index contributed by atoms with van der Waals surface area (Å²) in [4.78, 5) is 0. The lowest BCUT2D eigenvalue weighted by molar-refractivity contribution is -0.0672. The molecule has 0 aromatic rings. The van der Waals surface area contributed by atoms with Crippen LogP contribution in [0.3, 0.4) is 0 Å². The van der Waals surface area contributed by atoms with Gasteiger partial charge < -0.3 is 5.11 Å². The van der Waals surface area contributed by atoms with E-state index < -0.39 is 5.60 Å². The molecule has 1 aliphatic carbocycles. The maximum absolute atomic E-state index is 10.1. The summed E-state index contributed by atoms with van der Waals surface area (Å²) in [6.45, 7) is 6.52. The zero-order valence-electron chi connectivity index (χ0n) is 8.80. The van der Waals surface area contributed by atoms with E-state index in [1.54, 1.807) is 0 Å². The van der Waals surface area contributed by atoms with E-state index in [0.717, 1.165) is 19.3 Å². The van der Waals surface area contributed by atoms with Crippen LogP contribution in [0.15, 0.2) is 0 Å². The van der Waals surface area contributed by atoms with Crippen LogP contribution in [0.5, 0.6) is 0 Å². The zero-order valence-corrected chi connectivity index (χ0v) is 8.80. The van der Waals surface area contributed by atoms with Crippen molar-refractivity contribution in [3.05, 3.63) is 0 Å². The summed E-state index contributed by atoms with van der Waals surface area (Å²) in [5, 5.41) is 18.8. The molecule has 1 rings (SSSR count). The van der Waals surface area contributed by atoms with Crippen molar-refractivity contribution in [1.82, 2.24) is 0 Å². The van der Waals surface area contributed by atoms with Gasteiger partial charge in [-0.25, -0.2) is 0 Å². The van der Waals surface area contributed by atoms with Gasteiger partial charge in [-0.1, -0.05) is 20.8 Å². The van der Waals surface area contributed by atoms with Gasteiger partial charge in [0.1, 0.15) is 0 Å². The Balaban J connectivity index is 2.69. The Hall–Kier alpha value is -0.550. The van der Waals surface area contributed by atoms with E-state index in [9.17, 15) is 5.11 Å². The highest BCUT2D eigenvalue weighted by Gasteiger charge is 2.42. The van der Waals surface area contributed by atoms with Crippen LogP contribution in [0.1, 0.15) is 46.5 Å². The summed E-state index contributed by atoms with van der Waals surface area (Å²) in [5.74, 6) is 0.246. The molecule has 2 nitrogen and oxygen atoms in total. The van der Waals surface area contributed by atoms with Crippen molar-refractivity contribution in [3.63, 3.8) is 0 Å². The molecule has 1 fully saturated rings. The van der Waals surface area contributed by atoms with Gasteiger partial charge in [0.2, 0.25) is 0 Å². The van der Waals surface area contributed by atoms with Crippen molar-refractivity contribution in [2.45, 2.75) is 52.1 Å². The maximum Gasteiger partial charge on any atom is 0.0802 e. The number of aliphatic hydroxyl groups is 1. The fraction of sp³-hybridized carbons (Fsp3) is 0.909. The molecule has 13 heavy (non-hydrogen) atoms. The van der Waals surface area contributed by atoms with Gasteiger partial charge in [0.25, 0.3) is 0 Å². The van der Waals surface area contributed by atoms with E-state index in [4.69, 9.17) is 5.26 Å². The Morgan fingerprint density at radius 2 is 2.08 bits per heavy atom. The van der Waals surface area contributed by atoms with Crippen LogP contribution >= 0.6 is 0 Å². The SMILES string of the molecule is CC1CC(C)(C)CCC1(O)CC#N. The minimum absolute atomic E-state index is 0.246. The van der Waals surface area contributed by atoms with Crippen molar-refractivity contribution >= 4 is 0 Å². The first-order valence-corrected chi connectivity index (χ1v) is 4.99. The summed E-state index contributed by atoms with van der Waals surface area (Å²) in [6.07, 6.45) is 3.10. The Bertz CT molecular complexity index is 229. The molecule has 0 aromatic heterocycles. The van der Waals surface area contributed by atoms with Crippen LogP contribution in [0.2, 0.25) is 0 Å². The predicted octanol–water partition coefficient (Wildman–Crippen LogP) is 2.48. The van der Waals surface area contributed by atoms with Crippen LogP contribution in [0, 0.1) is 22.7 Å². The highest BCUT2D eigenvalue weighted by molar-refractivity contribution is 4.98. The molecule has 2 unspecified atom stereocenters. The molecular formula is C11H19NO. The molecule has 0 spiro atoms. The molecular weight excluding hydrogens is 162 g/mol. The molecule has 74 valence electrons. The average molecular weight is 181 g/mol. The number of hydrogen-bond acceptors (Lipinski definition) is 2. The van der Waals surface area contributed by atoms with Crippen LogP contribution in [-0.4, -0.2) is 10.7 Å². The summed E-state index contributed by atoms with van der Waals surface area (Å²) in [5.41, 5.74) is -0.384. The fourth-order valence-electron chi connectivity index (χ4n) is 2.32. The number of rotatable bonds is 1. The summed E-state index contributed by atoms with van der Waals surface area (Å²) in [6, 6.07) is 2.09. The Labute approximate surface area is 80.6 Å². The highest BCUT2D eigenvalue weighted by Crippen LogP contribution is 2.44. The summed E-state index contributed by atoms with van der Waals surface area (Å²) < 4.78 is 0. The molecule has 1 aliphatic rings. The average Bonchev–Trinajstić information content (AvgIpc) is 1.99. The maximum atomic E-state index is 10.1. The van der Waals surface area contributed by atoms with Gasteiger partial charge in [0.05, 0.1) is 18.1 Å². The molecule has 1 saturated carbocycles. The molecule has 2 atom stereocenters. The molecule has 1 N–H and O–H groups in total. The van der Waals surface area contributed by atoms with Gasteiger partial charge in [-0.05, 0) is 30.6 Å². The molecule has 2 heteroatoms. The third kappa shape index (κ3) is 2.22. The van der Waals surface area contributed by atoms with Crippen molar-refractivity contribution in [3.8, 4) is 6.07 Å². The lowest BCUT2D eigenvalue weighted by Gasteiger charge is -2.44. The Kier molecular flexibility index (Phi) is 2.68. The van der Waals surface area contributed by atoms with E-state index in [-0.39, 0.29) is 12.3 Å². The van der Waals surface area contributed by atoms with Gasteiger partial charge in [-0.15, -0.1) is 0 Å². The quantitative estimate of drug-likeness (QED) is 0.675. The lowest BCUT2D eigenvalue weighted by Crippen LogP contribution is -2.43. The monoisotopic (exact) mass is 181 g/mol. The van der Waals surface area contributed by atoms with E-state index in [1.807, 2.05) is 0 Å². The molecule has 0 saturated heterocycles. The Morgan fingerprint density at radius 3 is 2.54 bits per heavy atom. The van der Waals surface area contributed by atoms with Crippen molar-refractivity contribution in [2.75, 3.05) is 0 Å². The van der Waals surface area contributed by atoms with Crippen LogP contribution in [0.4, 0.5) is 0 Å². The third-order valence-electron chi connectivity index (χ3n) is 3.40. The number of nitrogens with zero attached hydrogens (tertiary/aromatic N) is 1. The first kappa shape index (κ1) is 10.5. The third-order valence-corrected chi connectivity index (χ3v) is 3.40. The van der Waals surface area contributed by atoms with Gasteiger partial charge in [0.15, 0.2) is 0 Å². The van der Waals surface area contributed by atoms with E-state index in [0.29, 0.717) is 5.41 Å². The zero-order chi connectivity index (χ0) is 10.1. The minimum atomic E-state index is -0.718. The first-order valence-electron chi connectivity index (χ1n) is 4.99.